The number of nitrogens with zero attached hydrogens (tertiary/aromatic N) is 2. The molecule has 160 valence electrons. The smallest absolute Gasteiger partial charge is 0.139 e. The number of anilines is 2. The Balaban J connectivity index is 1.33. The van der Waals surface area contributed by atoms with Crippen LogP contribution in [-0.4, -0.2) is 36.4 Å². The van der Waals surface area contributed by atoms with Crippen molar-refractivity contribution in [2.24, 2.45) is 4.99 Å². The molecule has 4 nitrogen and oxygen atoms in total. The van der Waals surface area contributed by atoms with Crippen LogP contribution in [0.2, 0.25) is 0 Å². The third kappa shape index (κ3) is 3.57. The first-order chi connectivity index (χ1) is 15.7. The second-order valence-electron chi connectivity index (χ2n) is 8.62. The van der Waals surface area contributed by atoms with Crippen molar-refractivity contribution in [3.63, 3.8) is 0 Å². The fourth-order valence-electron chi connectivity index (χ4n) is 4.88. The van der Waals surface area contributed by atoms with Crippen LogP contribution in [0.5, 0.6) is 0 Å². The van der Waals surface area contributed by atoms with E-state index in [1.165, 1.54) is 31.8 Å². The molecule has 2 aliphatic heterocycles. The highest BCUT2D eigenvalue weighted by Crippen LogP contribution is 2.39. The summed E-state index contributed by atoms with van der Waals surface area (Å²) in [6, 6.07) is 26.3. The summed E-state index contributed by atoms with van der Waals surface area (Å²) < 4.78 is 0. The summed E-state index contributed by atoms with van der Waals surface area (Å²) in [4.78, 5) is 8.94. The molecule has 1 atom stereocenters. The molecule has 2 N–H and O–H groups in total. The first-order valence-corrected chi connectivity index (χ1v) is 12.1. The van der Waals surface area contributed by atoms with Gasteiger partial charge in [0.05, 0.1) is 16.9 Å². The van der Waals surface area contributed by atoms with Crippen LogP contribution in [0.4, 0.5) is 16.4 Å². The van der Waals surface area contributed by atoms with E-state index < -0.39 is 0 Å². The molecule has 0 aliphatic carbocycles. The van der Waals surface area contributed by atoms with Gasteiger partial charge in [0.15, 0.2) is 0 Å². The number of piperazine rings is 1. The van der Waals surface area contributed by atoms with Crippen LogP contribution in [0, 0.1) is 6.92 Å². The number of nitrogens with one attached hydrogen (secondary N) is 2. The molecule has 1 aromatic heterocycles. The van der Waals surface area contributed by atoms with Gasteiger partial charge in [-0.3, -0.25) is 0 Å². The molecule has 0 bridgehead atoms. The van der Waals surface area contributed by atoms with Crippen molar-refractivity contribution < 1.29 is 0 Å². The van der Waals surface area contributed by atoms with Gasteiger partial charge >= 0.3 is 0 Å². The summed E-state index contributed by atoms with van der Waals surface area (Å²) in [5.74, 6) is 1.09. The van der Waals surface area contributed by atoms with Gasteiger partial charge in [0.25, 0.3) is 0 Å². The summed E-state index contributed by atoms with van der Waals surface area (Å²) in [5, 5.41) is 11.2. The molecule has 1 fully saturated rings. The monoisotopic (exact) mass is 438 g/mol. The van der Waals surface area contributed by atoms with E-state index in [0.29, 0.717) is 6.04 Å². The number of aryl methyl sites for hydroxylation is 1. The number of aliphatic imine (C=N–C) groups is 1. The largest absolute Gasteiger partial charge is 0.353 e. The Morgan fingerprint density at radius 3 is 2.84 bits per heavy atom. The lowest BCUT2D eigenvalue weighted by molar-refractivity contribution is 0.291. The van der Waals surface area contributed by atoms with Crippen LogP contribution < -0.4 is 10.6 Å². The van der Waals surface area contributed by atoms with E-state index in [0.717, 1.165) is 43.3 Å². The Hall–Kier alpha value is -3.15. The van der Waals surface area contributed by atoms with Crippen LogP contribution >= 0.6 is 11.3 Å². The van der Waals surface area contributed by atoms with Gasteiger partial charge in [-0.2, -0.15) is 0 Å². The van der Waals surface area contributed by atoms with E-state index in [1.807, 2.05) is 0 Å². The lowest BCUT2D eigenvalue weighted by atomic mass is 9.97. The number of benzene rings is 3. The SMILES string of the molecule is Cc1cc2c(s1)Nc1ccccc1N=C2N1CCN[C@@H](Cc2cccc3ccccc23)C1. The maximum Gasteiger partial charge on any atom is 0.139 e. The summed E-state index contributed by atoms with van der Waals surface area (Å²) in [7, 11) is 0. The minimum atomic E-state index is 0.381. The Labute approximate surface area is 192 Å². The number of para-hydroxylation sites is 2. The standard InChI is InChI=1S/C27H26N4S/c1-18-15-23-26(29-24-11-4-5-12-25(24)30-27(23)32-18)31-14-13-28-21(17-31)16-20-9-6-8-19-7-2-3-10-22(19)20/h2-12,15,21,28,30H,13-14,16-17H2,1H3/t21-/m0/s1. The molecule has 0 radical (unpaired) electrons. The first kappa shape index (κ1) is 19.5. The van der Waals surface area contributed by atoms with Gasteiger partial charge in [-0.05, 0) is 47.9 Å². The van der Waals surface area contributed by atoms with Crippen molar-refractivity contribution in [3.05, 3.63) is 88.8 Å². The fourth-order valence-corrected chi connectivity index (χ4v) is 5.80. The zero-order valence-electron chi connectivity index (χ0n) is 18.1. The zero-order chi connectivity index (χ0) is 21.5. The van der Waals surface area contributed by atoms with Crippen LogP contribution in [0.3, 0.4) is 0 Å². The molecule has 0 spiro atoms. The Morgan fingerprint density at radius 2 is 1.88 bits per heavy atom. The first-order valence-electron chi connectivity index (χ1n) is 11.2. The fraction of sp³-hybridized carbons (Fsp3) is 0.222. The normalized spacial score (nSPS) is 17.8. The van der Waals surface area contributed by atoms with Crippen molar-refractivity contribution in [2.45, 2.75) is 19.4 Å². The lowest BCUT2D eigenvalue weighted by Gasteiger charge is -2.36. The predicted octanol–water partition coefficient (Wildman–Crippen LogP) is 5.86. The second kappa shape index (κ2) is 8.08. The Bertz CT molecular complexity index is 1320. The van der Waals surface area contributed by atoms with Gasteiger partial charge in [-0.15, -0.1) is 11.3 Å². The van der Waals surface area contributed by atoms with Gasteiger partial charge < -0.3 is 15.5 Å². The highest BCUT2D eigenvalue weighted by molar-refractivity contribution is 7.16. The molecule has 0 saturated carbocycles. The third-order valence-corrected chi connectivity index (χ3v) is 7.34. The Kier molecular flexibility index (Phi) is 4.93. The molecule has 2 aliphatic rings. The number of hydrogen-bond acceptors (Lipinski definition) is 5. The molecule has 32 heavy (non-hydrogen) atoms. The predicted molar refractivity (Wildman–Crippen MR) is 136 cm³/mol. The van der Waals surface area contributed by atoms with Crippen LogP contribution in [0.25, 0.3) is 10.8 Å². The quantitative estimate of drug-likeness (QED) is 0.412. The molecule has 1 saturated heterocycles. The van der Waals surface area contributed by atoms with Crippen molar-refractivity contribution in [2.75, 3.05) is 25.0 Å². The summed E-state index contributed by atoms with van der Waals surface area (Å²) >= 11 is 1.81. The van der Waals surface area contributed by atoms with E-state index in [2.05, 4.69) is 95.3 Å². The van der Waals surface area contributed by atoms with Gasteiger partial charge in [-0.1, -0.05) is 54.6 Å². The average Bonchev–Trinajstić information content (AvgIpc) is 3.11. The van der Waals surface area contributed by atoms with Gasteiger partial charge in [0.1, 0.15) is 10.8 Å². The van der Waals surface area contributed by atoms with E-state index in [4.69, 9.17) is 4.99 Å². The topological polar surface area (TPSA) is 39.7 Å². The van der Waals surface area contributed by atoms with E-state index in [9.17, 15) is 0 Å². The number of amidine groups is 1. The number of rotatable bonds is 2. The molecule has 5 heteroatoms. The highest BCUT2D eigenvalue weighted by atomic mass is 32.1. The van der Waals surface area contributed by atoms with Crippen LogP contribution in [-0.2, 0) is 6.42 Å². The second-order valence-corrected chi connectivity index (χ2v) is 9.87. The third-order valence-electron chi connectivity index (χ3n) is 6.38. The summed E-state index contributed by atoms with van der Waals surface area (Å²) in [6.07, 6.45) is 1.01. The maximum atomic E-state index is 5.17. The van der Waals surface area contributed by atoms with Crippen molar-refractivity contribution in [3.8, 4) is 0 Å². The molecule has 4 aromatic rings. The van der Waals surface area contributed by atoms with Gasteiger partial charge in [0.2, 0.25) is 0 Å². The molecule has 3 heterocycles. The minimum absolute atomic E-state index is 0.381. The Morgan fingerprint density at radius 1 is 1.03 bits per heavy atom. The number of hydrogen-bond donors (Lipinski definition) is 2. The van der Waals surface area contributed by atoms with Crippen LogP contribution in [0.1, 0.15) is 16.0 Å². The average molecular weight is 439 g/mol. The number of thiophene rings is 1. The highest BCUT2D eigenvalue weighted by Gasteiger charge is 2.27. The van der Waals surface area contributed by atoms with E-state index in [1.54, 1.807) is 11.3 Å². The maximum absolute atomic E-state index is 5.17. The lowest BCUT2D eigenvalue weighted by Crippen LogP contribution is -2.53. The van der Waals surface area contributed by atoms with Crippen molar-refractivity contribution in [1.29, 1.82) is 0 Å². The van der Waals surface area contributed by atoms with E-state index >= 15 is 0 Å². The van der Waals surface area contributed by atoms with Crippen LogP contribution in [0.15, 0.2) is 77.8 Å². The van der Waals surface area contributed by atoms with E-state index in [-0.39, 0.29) is 0 Å². The molecule has 3 aromatic carbocycles. The van der Waals surface area contributed by atoms with Gasteiger partial charge in [-0.25, -0.2) is 4.99 Å². The minimum Gasteiger partial charge on any atom is -0.353 e. The molecule has 6 rings (SSSR count). The van der Waals surface area contributed by atoms with Crippen molar-refractivity contribution in [1.82, 2.24) is 10.2 Å². The van der Waals surface area contributed by atoms with Gasteiger partial charge in [0, 0.05) is 30.6 Å². The molecular weight excluding hydrogens is 412 g/mol. The summed E-state index contributed by atoms with van der Waals surface area (Å²) in [6.45, 7) is 5.04. The zero-order valence-corrected chi connectivity index (χ0v) is 19.0. The van der Waals surface area contributed by atoms with Crippen molar-refractivity contribution >= 4 is 44.3 Å². The molecule has 0 amide bonds. The summed E-state index contributed by atoms with van der Waals surface area (Å²) in [5.41, 5.74) is 4.71. The molecule has 0 unspecified atom stereocenters. The number of fused-ring (bicyclic) bond motifs is 3. The molecular formula is C27H26N4S.